The highest BCUT2D eigenvalue weighted by Crippen LogP contribution is 2.20. The lowest BCUT2D eigenvalue weighted by Gasteiger charge is -2.24. The first kappa shape index (κ1) is 34.5. The summed E-state index contributed by atoms with van der Waals surface area (Å²) in [7, 11) is 6.89. The molecule has 8 heteroatoms. The van der Waals surface area contributed by atoms with Crippen molar-refractivity contribution in [2.75, 3.05) is 90.8 Å². The monoisotopic (exact) mass is 622 g/mol. The second-order valence-electron chi connectivity index (χ2n) is 10.7. The lowest BCUT2D eigenvalue weighted by molar-refractivity contribution is 0.190. The van der Waals surface area contributed by atoms with E-state index in [2.05, 4.69) is 105 Å². The summed E-state index contributed by atoms with van der Waals surface area (Å²) in [5.41, 5.74) is 8.29. The number of methoxy groups -OCH3 is 4. The molecular formula is C38H46N4O4. The van der Waals surface area contributed by atoms with Gasteiger partial charge < -0.3 is 28.7 Å². The lowest BCUT2D eigenvalue weighted by Crippen LogP contribution is -2.30. The molecule has 0 radical (unpaired) electrons. The van der Waals surface area contributed by atoms with Crippen LogP contribution in [0.15, 0.2) is 85.2 Å². The Morgan fingerprint density at radius 3 is 1.02 bits per heavy atom. The first-order valence-corrected chi connectivity index (χ1v) is 15.6. The Bertz CT molecular complexity index is 1340. The zero-order valence-electron chi connectivity index (χ0n) is 27.5. The fourth-order valence-corrected chi connectivity index (χ4v) is 4.83. The first-order valence-electron chi connectivity index (χ1n) is 15.6. The Morgan fingerprint density at radius 2 is 0.739 bits per heavy atom. The van der Waals surface area contributed by atoms with Crippen molar-refractivity contribution >= 4 is 35.7 Å². The summed E-state index contributed by atoms with van der Waals surface area (Å²) < 4.78 is 21.1. The smallest absolute Gasteiger partial charge is 0.0886 e. The number of pyridine rings is 2. The van der Waals surface area contributed by atoms with Gasteiger partial charge in [0.15, 0.2) is 0 Å². The minimum absolute atomic E-state index is 0.673. The second kappa shape index (κ2) is 19.2. The number of aromatic nitrogens is 2. The third-order valence-electron chi connectivity index (χ3n) is 7.55. The molecule has 0 aliphatic heterocycles. The van der Waals surface area contributed by atoms with E-state index in [0.29, 0.717) is 26.4 Å². The zero-order chi connectivity index (χ0) is 32.4. The summed E-state index contributed by atoms with van der Waals surface area (Å²) in [6.45, 7) is 5.98. The molecule has 0 unspecified atom stereocenters. The highest BCUT2D eigenvalue weighted by Gasteiger charge is 2.07. The van der Waals surface area contributed by atoms with Crippen LogP contribution in [-0.4, -0.2) is 91.0 Å². The molecule has 4 rings (SSSR count). The zero-order valence-corrected chi connectivity index (χ0v) is 27.5. The second-order valence-corrected chi connectivity index (χ2v) is 10.7. The van der Waals surface area contributed by atoms with Crippen LogP contribution >= 0.6 is 0 Å². The molecule has 0 bridgehead atoms. The standard InChI is InChI=1S/C38H46N4O4/c1-43-25-21-41(22-26-44-2)35-15-9-31(10-16-35)5-7-33-13-19-37(39-29-33)38-20-14-34(30-40-38)8-6-32-11-17-36(18-12-32)42(23-27-45-3)24-28-46-4/h5-20,29-30H,21-28H2,1-4H3/b7-5+,8-6+. The van der Waals surface area contributed by atoms with Crippen LogP contribution in [0.5, 0.6) is 0 Å². The van der Waals surface area contributed by atoms with Crippen LogP contribution in [0.2, 0.25) is 0 Å². The van der Waals surface area contributed by atoms with Crippen LogP contribution in [0, 0.1) is 0 Å². The average molecular weight is 623 g/mol. The Kier molecular flexibility index (Phi) is 14.4. The van der Waals surface area contributed by atoms with Crippen molar-refractivity contribution in [3.8, 4) is 11.4 Å². The molecule has 2 aromatic heterocycles. The molecule has 0 amide bonds. The Labute approximate surface area is 273 Å². The van der Waals surface area contributed by atoms with E-state index in [9.17, 15) is 0 Å². The van der Waals surface area contributed by atoms with E-state index < -0.39 is 0 Å². The van der Waals surface area contributed by atoms with Gasteiger partial charge in [-0.15, -0.1) is 0 Å². The number of benzene rings is 2. The van der Waals surface area contributed by atoms with E-state index in [1.807, 2.05) is 24.5 Å². The maximum Gasteiger partial charge on any atom is 0.0886 e. The number of rotatable bonds is 19. The number of anilines is 2. The molecule has 0 atom stereocenters. The summed E-state index contributed by atoms with van der Waals surface area (Å²) in [5, 5.41) is 0. The molecule has 242 valence electrons. The number of nitrogens with zero attached hydrogens (tertiary/aromatic N) is 4. The number of hydrogen-bond acceptors (Lipinski definition) is 8. The predicted octanol–water partition coefficient (Wildman–Crippen LogP) is 6.68. The van der Waals surface area contributed by atoms with Crippen LogP contribution in [-0.2, 0) is 18.9 Å². The maximum absolute atomic E-state index is 5.26. The predicted molar refractivity (Wildman–Crippen MR) is 190 cm³/mol. The minimum atomic E-state index is 0.673. The van der Waals surface area contributed by atoms with Gasteiger partial charge in [0.25, 0.3) is 0 Å². The highest BCUT2D eigenvalue weighted by molar-refractivity contribution is 5.72. The summed E-state index contributed by atoms with van der Waals surface area (Å²) >= 11 is 0. The van der Waals surface area contributed by atoms with Gasteiger partial charge in [0.1, 0.15) is 0 Å². The van der Waals surface area contributed by atoms with Gasteiger partial charge in [0.05, 0.1) is 37.8 Å². The summed E-state index contributed by atoms with van der Waals surface area (Å²) in [5.74, 6) is 0. The van der Waals surface area contributed by atoms with Gasteiger partial charge in [-0.1, -0.05) is 60.7 Å². The SMILES string of the molecule is COCCN(CCOC)c1ccc(/C=C/c2ccc(-c3ccc(/C=C/c4ccc(N(CCOC)CCOC)cc4)cn3)nc2)cc1. The molecule has 46 heavy (non-hydrogen) atoms. The van der Waals surface area contributed by atoms with Gasteiger partial charge in [0, 0.05) is 78.4 Å². The van der Waals surface area contributed by atoms with Gasteiger partial charge in [-0.3, -0.25) is 9.97 Å². The van der Waals surface area contributed by atoms with Gasteiger partial charge in [0.2, 0.25) is 0 Å². The molecular weight excluding hydrogens is 576 g/mol. The van der Waals surface area contributed by atoms with Gasteiger partial charge in [-0.05, 0) is 58.7 Å². The molecule has 0 saturated carbocycles. The van der Waals surface area contributed by atoms with Gasteiger partial charge in [-0.2, -0.15) is 0 Å². The average Bonchev–Trinajstić information content (AvgIpc) is 3.11. The van der Waals surface area contributed by atoms with Crippen LogP contribution in [0.3, 0.4) is 0 Å². The van der Waals surface area contributed by atoms with Crippen molar-refractivity contribution in [3.63, 3.8) is 0 Å². The number of hydrogen-bond donors (Lipinski definition) is 0. The van der Waals surface area contributed by atoms with Crippen molar-refractivity contribution < 1.29 is 18.9 Å². The topological polar surface area (TPSA) is 69.2 Å². The third-order valence-corrected chi connectivity index (χ3v) is 7.55. The maximum atomic E-state index is 5.26. The lowest BCUT2D eigenvalue weighted by atomic mass is 10.1. The molecule has 0 aliphatic rings. The Hall–Kier alpha value is -4.34. The molecule has 0 aliphatic carbocycles. The molecule has 2 heterocycles. The Morgan fingerprint density at radius 1 is 0.435 bits per heavy atom. The highest BCUT2D eigenvalue weighted by atomic mass is 16.5. The van der Waals surface area contributed by atoms with E-state index in [0.717, 1.165) is 71.2 Å². The van der Waals surface area contributed by atoms with Crippen molar-refractivity contribution in [1.29, 1.82) is 0 Å². The largest absolute Gasteiger partial charge is 0.383 e. The fourth-order valence-electron chi connectivity index (χ4n) is 4.83. The van der Waals surface area contributed by atoms with Crippen molar-refractivity contribution in [2.45, 2.75) is 0 Å². The molecule has 8 nitrogen and oxygen atoms in total. The van der Waals surface area contributed by atoms with E-state index >= 15 is 0 Å². The van der Waals surface area contributed by atoms with Gasteiger partial charge >= 0.3 is 0 Å². The van der Waals surface area contributed by atoms with Crippen molar-refractivity contribution in [2.24, 2.45) is 0 Å². The van der Waals surface area contributed by atoms with E-state index in [1.165, 1.54) is 0 Å². The molecule has 4 aromatic rings. The quantitative estimate of drug-likeness (QED) is 0.115. The van der Waals surface area contributed by atoms with Crippen LogP contribution in [0.4, 0.5) is 11.4 Å². The third kappa shape index (κ3) is 10.9. The fraction of sp³-hybridized carbons (Fsp3) is 0.316. The molecule has 0 saturated heterocycles. The Balaban J connectivity index is 1.32. The van der Waals surface area contributed by atoms with Crippen LogP contribution in [0.1, 0.15) is 22.3 Å². The molecule has 0 fully saturated rings. The van der Waals surface area contributed by atoms with E-state index in [4.69, 9.17) is 18.9 Å². The molecule has 0 spiro atoms. The van der Waals surface area contributed by atoms with Crippen LogP contribution < -0.4 is 9.80 Å². The summed E-state index contributed by atoms with van der Waals surface area (Å²) in [4.78, 5) is 13.8. The van der Waals surface area contributed by atoms with E-state index in [-0.39, 0.29) is 0 Å². The van der Waals surface area contributed by atoms with Gasteiger partial charge in [-0.25, -0.2) is 0 Å². The minimum Gasteiger partial charge on any atom is -0.383 e. The molecule has 2 aromatic carbocycles. The molecule has 0 N–H and O–H groups in total. The van der Waals surface area contributed by atoms with Crippen molar-refractivity contribution in [3.05, 3.63) is 107 Å². The van der Waals surface area contributed by atoms with E-state index in [1.54, 1.807) is 28.4 Å². The summed E-state index contributed by atoms with van der Waals surface area (Å²) in [6, 6.07) is 25.2. The summed E-state index contributed by atoms with van der Waals surface area (Å²) in [6.07, 6.45) is 12.1. The van der Waals surface area contributed by atoms with Crippen molar-refractivity contribution in [1.82, 2.24) is 9.97 Å². The van der Waals surface area contributed by atoms with Crippen LogP contribution in [0.25, 0.3) is 35.7 Å². The normalized spacial score (nSPS) is 11.5. The number of ether oxygens (including phenoxy) is 4. The first-order chi connectivity index (χ1) is 22.6.